The Balaban J connectivity index is 3.97. The highest BCUT2D eigenvalue weighted by molar-refractivity contribution is 8.00. The Morgan fingerprint density at radius 3 is 2.14 bits per heavy atom. The maximum Gasteiger partial charge on any atom is 0.321 e. The third-order valence-corrected chi connectivity index (χ3v) is 5.18. The SMILES string of the molecule is CCC(CC)(CNC(=O)NC(=O)CCCCC(=O)O)SC. The fraction of sp³-hybridized carbons (Fsp3) is 0.786. The summed E-state index contributed by atoms with van der Waals surface area (Å²) in [5.41, 5.74) is 0. The van der Waals surface area contributed by atoms with E-state index < -0.39 is 12.0 Å². The quantitative estimate of drug-likeness (QED) is 0.537. The number of urea groups is 1. The monoisotopic (exact) mass is 318 g/mol. The van der Waals surface area contributed by atoms with Gasteiger partial charge in [-0.05, 0) is 31.9 Å². The molecule has 0 aliphatic heterocycles. The van der Waals surface area contributed by atoms with Crippen LogP contribution < -0.4 is 10.6 Å². The van der Waals surface area contributed by atoms with E-state index in [0.717, 1.165) is 12.8 Å². The van der Waals surface area contributed by atoms with Gasteiger partial charge in [-0.25, -0.2) is 4.79 Å². The molecule has 122 valence electrons. The number of carbonyl (C=O) groups excluding carboxylic acids is 2. The number of unbranched alkanes of at least 4 members (excludes halogenated alkanes) is 1. The second-order valence-electron chi connectivity index (χ2n) is 4.93. The fourth-order valence-electron chi connectivity index (χ4n) is 1.90. The fourth-order valence-corrected chi connectivity index (χ4v) is 2.69. The summed E-state index contributed by atoms with van der Waals surface area (Å²) >= 11 is 1.71. The molecule has 0 atom stereocenters. The van der Waals surface area contributed by atoms with Gasteiger partial charge in [0.05, 0.1) is 0 Å². The van der Waals surface area contributed by atoms with Crippen LogP contribution in [0.1, 0.15) is 52.4 Å². The Bertz CT molecular complexity index is 349. The average Bonchev–Trinajstić information content (AvgIpc) is 2.45. The van der Waals surface area contributed by atoms with Gasteiger partial charge in [-0.2, -0.15) is 11.8 Å². The third-order valence-electron chi connectivity index (χ3n) is 3.59. The van der Waals surface area contributed by atoms with Crippen LogP contribution in [0.2, 0.25) is 0 Å². The summed E-state index contributed by atoms with van der Waals surface area (Å²) in [6.45, 7) is 4.67. The van der Waals surface area contributed by atoms with Crippen molar-refractivity contribution in [3.63, 3.8) is 0 Å². The van der Waals surface area contributed by atoms with E-state index in [1.54, 1.807) is 11.8 Å². The second-order valence-corrected chi connectivity index (χ2v) is 6.20. The van der Waals surface area contributed by atoms with Gasteiger partial charge in [-0.1, -0.05) is 13.8 Å². The highest BCUT2D eigenvalue weighted by Gasteiger charge is 2.25. The highest BCUT2D eigenvalue weighted by Crippen LogP contribution is 2.29. The zero-order valence-electron chi connectivity index (χ0n) is 13.0. The summed E-state index contributed by atoms with van der Waals surface area (Å²) in [6, 6.07) is -0.487. The van der Waals surface area contributed by atoms with Crippen LogP contribution in [0.25, 0.3) is 0 Å². The van der Waals surface area contributed by atoms with Crippen molar-refractivity contribution in [2.45, 2.75) is 57.1 Å². The summed E-state index contributed by atoms with van der Waals surface area (Å²) in [5, 5.41) is 13.5. The molecular weight excluding hydrogens is 292 g/mol. The lowest BCUT2D eigenvalue weighted by molar-refractivity contribution is -0.137. The Morgan fingerprint density at radius 1 is 1.10 bits per heavy atom. The first-order valence-corrected chi connectivity index (χ1v) is 8.46. The van der Waals surface area contributed by atoms with Crippen LogP contribution in [0.3, 0.4) is 0 Å². The molecule has 0 aliphatic rings. The normalized spacial score (nSPS) is 11.0. The smallest absolute Gasteiger partial charge is 0.321 e. The van der Waals surface area contributed by atoms with Crippen LogP contribution in [0, 0.1) is 0 Å². The van der Waals surface area contributed by atoms with Crippen LogP contribution >= 0.6 is 11.8 Å². The number of imide groups is 1. The molecule has 0 unspecified atom stereocenters. The third kappa shape index (κ3) is 8.60. The van der Waals surface area contributed by atoms with E-state index in [1.165, 1.54) is 0 Å². The number of aliphatic carboxylic acids is 1. The molecule has 0 aromatic heterocycles. The first kappa shape index (κ1) is 19.8. The average molecular weight is 318 g/mol. The first-order chi connectivity index (χ1) is 9.89. The van der Waals surface area contributed by atoms with Crippen molar-refractivity contribution in [3.05, 3.63) is 0 Å². The van der Waals surface area contributed by atoms with Crippen molar-refractivity contribution < 1.29 is 19.5 Å². The molecule has 0 aromatic carbocycles. The van der Waals surface area contributed by atoms with Crippen molar-refractivity contribution in [1.29, 1.82) is 0 Å². The Labute approximate surface area is 130 Å². The number of amides is 3. The number of hydrogen-bond donors (Lipinski definition) is 3. The topological polar surface area (TPSA) is 95.5 Å². The number of rotatable bonds is 10. The van der Waals surface area contributed by atoms with Gasteiger partial charge in [0.15, 0.2) is 0 Å². The van der Waals surface area contributed by atoms with E-state index >= 15 is 0 Å². The van der Waals surface area contributed by atoms with E-state index in [4.69, 9.17) is 5.11 Å². The maximum atomic E-state index is 11.6. The second kappa shape index (κ2) is 10.5. The molecule has 7 heteroatoms. The number of nitrogens with one attached hydrogen (secondary N) is 2. The Hall–Kier alpha value is -1.24. The summed E-state index contributed by atoms with van der Waals surface area (Å²) in [5.74, 6) is -1.25. The largest absolute Gasteiger partial charge is 0.481 e. The molecule has 0 aromatic rings. The van der Waals surface area contributed by atoms with Gasteiger partial charge in [0.25, 0.3) is 0 Å². The molecule has 0 heterocycles. The molecule has 0 saturated heterocycles. The standard InChI is InChI=1S/C14H26N2O4S/c1-4-14(5-2,21-3)10-15-13(20)16-11(17)8-6-7-9-12(18)19/h4-10H2,1-3H3,(H,18,19)(H2,15,16,17,20). The van der Waals surface area contributed by atoms with Crippen LogP contribution in [0.4, 0.5) is 4.79 Å². The van der Waals surface area contributed by atoms with Crippen LogP contribution in [-0.4, -0.2) is 40.6 Å². The van der Waals surface area contributed by atoms with Crippen molar-refractivity contribution in [1.82, 2.24) is 10.6 Å². The first-order valence-electron chi connectivity index (χ1n) is 7.23. The summed E-state index contributed by atoms with van der Waals surface area (Å²) < 4.78 is 0.00186. The van der Waals surface area contributed by atoms with Gasteiger partial charge < -0.3 is 10.4 Å². The molecule has 0 bridgehead atoms. The zero-order valence-corrected chi connectivity index (χ0v) is 13.8. The number of carbonyl (C=O) groups is 3. The van der Waals surface area contributed by atoms with Gasteiger partial charge in [0, 0.05) is 24.1 Å². The molecular formula is C14H26N2O4S. The van der Waals surface area contributed by atoms with E-state index in [9.17, 15) is 14.4 Å². The van der Waals surface area contributed by atoms with Crippen LogP contribution in [0.15, 0.2) is 0 Å². The van der Waals surface area contributed by atoms with Crippen molar-refractivity contribution in [2.75, 3.05) is 12.8 Å². The number of hydrogen-bond acceptors (Lipinski definition) is 4. The molecule has 0 saturated carbocycles. The Kier molecular flexibility index (Phi) is 9.86. The van der Waals surface area contributed by atoms with E-state index in [2.05, 4.69) is 24.5 Å². The van der Waals surface area contributed by atoms with Crippen molar-refractivity contribution >= 4 is 29.7 Å². The maximum absolute atomic E-state index is 11.6. The molecule has 0 aliphatic carbocycles. The van der Waals surface area contributed by atoms with E-state index in [1.807, 2.05) is 6.26 Å². The van der Waals surface area contributed by atoms with Gasteiger partial charge in [0.1, 0.15) is 0 Å². The predicted molar refractivity (Wildman–Crippen MR) is 84.5 cm³/mol. The lowest BCUT2D eigenvalue weighted by atomic mass is 10.0. The van der Waals surface area contributed by atoms with E-state index in [0.29, 0.717) is 19.4 Å². The van der Waals surface area contributed by atoms with Crippen molar-refractivity contribution in [3.8, 4) is 0 Å². The van der Waals surface area contributed by atoms with Gasteiger partial charge >= 0.3 is 12.0 Å². The minimum absolute atomic E-state index is 0.00186. The molecule has 21 heavy (non-hydrogen) atoms. The summed E-state index contributed by atoms with van der Waals surface area (Å²) in [6.07, 6.45) is 5.00. The molecule has 6 nitrogen and oxygen atoms in total. The summed E-state index contributed by atoms with van der Waals surface area (Å²) in [4.78, 5) is 33.5. The van der Waals surface area contributed by atoms with Crippen LogP contribution in [-0.2, 0) is 9.59 Å². The highest BCUT2D eigenvalue weighted by atomic mass is 32.2. The lowest BCUT2D eigenvalue weighted by Crippen LogP contribution is -2.45. The summed E-state index contributed by atoms with van der Waals surface area (Å²) in [7, 11) is 0. The number of carboxylic acid groups (broad SMARTS) is 1. The molecule has 3 N–H and O–H groups in total. The number of carboxylic acids is 1. The molecule has 0 fully saturated rings. The van der Waals surface area contributed by atoms with Crippen molar-refractivity contribution in [2.24, 2.45) is 0 Å². The minimum Gasteiger partial charge on any atom is -0.481 e. The van der Waals surface area contributed by atoms with Crippen LogP contribution in [0.5, 0.6) is 0 Å². The van der Waals surface area contributed by atoms with E-state index in [-0.39, 0.29) is 23.5 Å². The van der Waals surface area contributed by atoms with Gasteiger partial charge in [0.2, 0.25) is 5.91 Å². The Morgan fingerprint density at radius 2 is 1.67 bits per heavy atom. The number of thioether (sulfide) groups is 1. The minimum atomic E-state index is -0.874. The molecule has 3 amide bonds. The van der Waals surface area contributed by atoms with Gasteiger partial charge in [-0.3, -0.25) is 14.9 Å². The zero-order chi connectivity index (χ0) is 16.3. The molecule has 0 spiro atoms. The lowest BCUT2D eigenvalue weighted by Gasteiger charge is -2.29. The molecule has 0 radical (unpaired) electrons. The molecule has 0 rings (SSSR count). The predicted octanol–water partition coefficient (Wildman–Crippen LogP) is 2.38. The van der Waals surface area contributed by atoms with Gasteiger partial charge in [-0.15, -0.1) is 0 Å².